The van der Waals surface area contributed by atoms with Crippen LogP contribution in [-0.2, 0) is 32.7 Å². The van der Waals surface area contributed by atoms with Crippen LogP contribution in [-0.4, -0.2) is 74.9 Å². The van der Waals surface area contributed by atoms with Crippen molar-refractivity contribution in [2.24, 2.45) is 0 Å². The van der Waals surface area contributed by atoms with Crippen molar-refractivity contribution in [2.75, 3.05) is 47.5 Å². The molecule has 302 valence electrons. The second-order valence-electron chi connectivity index (χ2n) is 15.4. The molecule has 0 spiro atoms. The number of ether oxygens (including phenoxy) is 2. The van der Waals surface area contributed by atoms with Crippen molar-refractivity contribution in [3.05, 3.63) is 12.2 Å². The number of esters is 2. The first-order valence-electron chi connectivity index (χ1n) is 20.9. The third-order valence-corrected chi connectivity index (χ3v) is 10.0. The van der Waals surface area contributed by atoms with E-state index in [1.54, 1.807) is 0 Å². The molecule has 0 saturated heterocycles. The van der Waals surface area contributed by atoms with Gasteiger partial charge in [-0.25, -0.2) is 4.57 Å². The van der Waals surface area contributed by atoms with Gasteiger partial charge in [0.05, 0.1) is 27.7 Å². The van der Waals surface area contributed by atoms with Crippen molar-refractivity contribution in [3.63, 3.8) is 0 Å². The number of quaternary nitrogens is 1. The van der Waals surface area contributed by atoms with E-state index < -0.39 is 26.5 Å². The Morgan fingerprint density at radius 1 is 0.588 bits per heavy atom. The summed E-state index contributed by atoms with van der Waals surface area (Å²) in [6.07, 6.45) is 34.0. The molecule has 51 heavy (non-hydrogen) atoms. The largest absolute Gasteiger partial charge is 0.472 e. The molecule has 0 rings (SSSR count). The molecule has 0 aliphatic heterocycles. The van der Waals surface area contributed by atoms with Crippen molar-refractivity contribution in [2.45, 2.75) is 193 Å². The highest BCUT2D eigenvalue weighted by Gasteiger charge is 2.27. The topological polar surface area (TPSA) is 108 Å². The number of carbonyl (C=O) groups excluding carboxylic acids is 2. The fourth-order valence-corrected chi connectivity index (χ4v) is 6.46. The lowest BCUT2D eigenvalue weighted by Crippen LogP contribution is -2.37. The Hall–Kier alpha value is -1.25. The van der Waals surface area contributed by atoms with Gasteiger partial charge in [0.1, 0.15) is 19.8 Å². The first kappa shape index (κ1) is 49.8. The zero-order valence-electron chi connectivity index (χ0n) is 33.9. The Labute approximate surface area is 314 Å². The van der Waals surface area contributed by atoms with Gasteiger partial charge in [-0.05, 0) is 38.5 Å². The van der Waals surface area contributed by atoms with Gasteiger partial charge in [0, 0.05) is 12.8 Å². The molecule has 0 fully saturated rings. The van der Waals surface area contributed by atoms with Crippen LogP contribution in [0.2, 0.25) is 0 Å². The van der Waals surface area contributed by atoms with Gasteiger partial charge in [-0.2, -0.15) is 0 Å². The Balaban J connectivity index is 4.35. The first-order valence-corrected chi connectivity index (χ1v) is 22.4. The Morgan fingerprint density at radius 2 is 1.00 bits per heavy atom. The minimum absolute atomic E-state index is 0.0337. The molecular formula is C41H81NO8P+. The van der Waals surface area contributed by atoms with Gasteiger partial charge in [-0.1, -0.05) is 148 Å². The van der Waals surface area contributed by atoms with E-state index in [1.165, 1.54) is 109 Å². The number of carbonyl (C=O) groups is 2. The summed E-state index contributed by atoms with van der Waals surface area (Å²) in [6, 6.07) is 0. The molecular weight excluding hydrogens is 665 g/mol. The number of unbranched alkanes of at least 4 members (excludes halogenated alkanes) is 22. The standard InChI is InChI=1S/C41H80NO8P/c1-6-8-10-12-14-16-18-19-20-21-22-23-24-26-28-30-32-34-41(44)50-39(38-49-51(45,46)48-36-35-42(3,4)5)37-47-40(43)33-31-29-27-25-17-15-13-11-9-7-2/h19-20,39H,6-18,21-38H2,1-5H3/p+1/b20-19-/t39-/m1/s1. The van der Waals surface area contributed by atoms with Gasteiger partial charge in [0.15, 0.2) is 6.10 Å². The van der Waals surface area contributed by atoms with Gasteiger partial charge < -0.3 is 18.9 Å². The molecule has 1 N–H and O–H groups in total. The monoisotopic (exact) mass is 747 g/mol. The highest BCUT2D eigenvalue weighted by atomic mass is 31.2. The van der Waals surface area contributed by atoms with E-state index in [0.717, 1.165) is 44.9 Å². The summed E-state index contributed by atoms with van der Waals surface area (Å²) in [5, 5.41) is 0. The molecule has 10 heteroatoms. The average molecular weight is 747 g/mol. The van der Waals surface area contributed by atoms with E-state index >= 15 is 0 Å². The van der Waals surface area contributed by atoms with Crippen LogP contribution < -0.4 is 0 Å². The summed E-state index contributed by atoms with van der Waals surface area (Å²) in [5.41, 5.74) is 0. The summed E-state index contributed by atoms with van der Waals surface area (Å²) in [4.78, 5) is 35.2. The maximum absolute atomic E-state index is 12.6. The van der Waals surface area contributed by atoms with E-state index in [4.69, 9.17) is 18.5 Å². The maximum atomic E-state index is 12.6. The number of phosphoric acid groups is 1. The number of likely N-dealkylation sites (N-methyl/N-ethyl adjacent to an activating group) is 1. The number of hydrogen-bond donors (Lipinski definition) is 1. The molecule has 0 aromatic carbocycles. The van der Waals surface area contributed by atoms with Gasteiger partial charge in [-0.15, -0.1) is 0 Å². The smallest absolute Gasteiger partial charge is 0.462 e. The molecule has 9 nitrogen and oxygen atoms in total. The summed E-state index contributed by atoms with van der Waals surface area (Å²) in [6.45, 7) is 4.41. The lowest BCUT2D eigenvalue weighted by atomic mass is 10.1. The van der Waals surface area contributed by atoms with Crippen LogP contribution in [0.25, 0.3) is 0 Å². The fourth-order valence-electron chi connectivity index (χ4n) is 5.71. The Kier molecular flexibility index (Phi) is 33.7. The van der Waals surface area contributed by atoms with Crippen LogP contribution in [0.3, 0.4) is 0 Å². The van der Waals surface area contributed by atoms with Crippen molar-refractivity contribution in [3.8, 4) is 0 Å². The summed E-state index contributed by atoms with van der Waals surface area (Å²) in [7, 11) is 1.48. The first-order chi connectivity index (χ1) is 24.5. The van der Waals surface area contributed by atoms with Crippen molar-refractivity contribution < 1.29 is 42.1 Å². The van der Waals surface area contributed by atoms with Gasteiger partial charge >= 0.3 is 19.8 Å². The summed E-state index contributed by atoms with van der Waals surface area (Å²) in [5.74, 6) is -0.799. The van der Waals surface area contributed by atoms with Crippen LogP contribution in [0.15, 0.2) is 12.2 Å². The highest BCUT2D eigenvalue weighted by Crippen LogP contribution is 2.43. The van der Waals surface area contributed by atoms with E-state index in [0.29, 0.717) is 23.9 Å². The molecule has 0 aromatic heterocycles. The van der Waals surface area contributed by atoms with Gasteiger partial charge in [-0.3, -0.25) is 18.6 Å². The summed E-state index contributed by atoms with van der Waals surface area (Å²) < 4.78 is 34.2. The van der Waals surface area contributed by atoms with Crippen LogP contribution in [0, 0.1) is 0 Å². The zero-order valence-corrected chi connectivity index (χ0v) is 34.7. The number of hydrogen-bond acceptors (Lipinski definition) is 7. The van der Waals surface area contributed by atoms with Crippen LogP contribution >= 0.6 is 7.82 Å². The van der Waals surface area contributed by atoms with Crippen molar-refractivity contribution >= 4 is 19.8 Å². The number of phosphoric ester groups is 1. The highest BCUT2D eigenvalue weighted by molar-refractivity contribution is 7.47. The summed E-state index contributed by atoms with van der Waals surface area (Å²) >= 11 is 0. The molecule has 0 aliphatic rings. The molecule has 0 aliphatic carbocycles. The molecule has 2 atom stereocenters. The molecule has 1 unspecified atom stereocenters. The Morgan fingerprint density at radius 3 is 1.45 bits per heavy atom. The van der Waals surface area contributed by atoms with Crippen LogP contribution in [0.4, 0.5) is 0 Å². The predicted molar refractivity (Wildman–Crippen MR) is 211 cm³/mol. The number of allylic oxidation sites excluding steroid dienone is 2. The minimum atomic E-state index is -4.36. The van der Waals surface area contributed by atoms with Gasteiger partial charge in [0.2, 0.25) is 0 Å². The van der Waals surface area contributed by atoms with Crippen molar-refractivity contribution in [1.82, 2.24) is 0 Å². The molecule has 0 aromatic rings. The third-order valence-electron chi connectivity index (χ3n) is 9.05. The van der Waals surface area contributed by atoms with Crippen molar-refractivity contribution in [1.29, 1.82) is 0 Å². The minimum Gasteiger partial charge on any atom is -0.462 e. The third kappa shape index (κ3) is 38.3. The van der Waals surface area contributed by atoms with E-state index in [-0.39, 0.29) is 25.6 Å². The van der Waals surface area contributed by atoms with E-state index in [1.807, 2.05) is 21.1 Å². The molecule has 0 saturated carbocycles. The molecule has 0 amide bonds. The van der Waals surface area contributed by atoms with Crippen LogP contribution in [0.1, 0.15) is 187 Å². The predicted octanol–water partition coefficient (Wildman–Crippen LogP) is 11.4. The fraction of sp³-hybridized carbons (Fsp3) is 0.902. The second-order valence-corrected chi connectivity index (χ2v) is 16.8. The Bertz CT molecular complexity index is 891. The lowest BCUT2D eigenvalue weighted by molar-refractivity contribution is -0.870. The molecule has 0 heterocycles. The molecule has 0 bridgehead atoms. The molecule has 0 radical (unpaired) electrons. The normalized spacial score (nSPS) is 13.8. The quantitative estimate of drug-likeness (QED) is 0.0219. The number of nitrogens with zero attached hydrogens (tertiary/aromatic N) is 1. The van der Waals surface area contributed by atoms with Crippen LogP contribution in [0.5, 0.6) is 0 Å². The number of rotatable bonds is 38. The van der Waals surface area contributed by atoms with E-state index in [9.17, 15) is 19.0 Å². The lowest BCUT2D eigenvalue weighted by Gasteiger charge is -2.24. The maximum Gasteiger partial charge on any atom is 0.472 e. The average Bonchev–Trinajstić information content (AvgIpc) is 3.07. The SMILES string of the molecule is CCCCCCCC/C=C\CCCCCCCCCC(=O)O[C@H](COC(=O)CCCCCCCCCCCC)COP(=O)(O)OCC[N+](C)(C)C. The zero-order chi connectivity index (χ0) is 37.9. The van der Waals surface area contributed by atoms with E-state index in [2.05, 4.69) is 26.0 Å². The second kappa shape index (κ2) is 34.5. The van der Waals surface area contributed by atoms with Gasteiger partial charge in [0.25, 0.3) is 0 Å².